The van der Waals surface area contributed by atoms with Gasteiger partial charge < -0.3 is 10.5 Å². The van der Waals surface area contributed by atoms with Gasteiger partial charge in [-0.25, -0.2) is 0 Å². The minimum Gasteiger partial charge on any atom is -0.619 e. The van der Waals surface area contributed by atoms with Crippen molar-refractivity contribution in [2.24, 2.45) is 0 Å². The Kier molecular flexibility index (Phi) is 2.02. The lowest BCUT2D eigenvalue weighted by Crippen LogP contribution is -2.01. The molecule has 0 spiro atoms. The van der Waals surface area contributed by atoms with E-state index in [2.05, 4.69) is 5.32 Å². The van der Waals surface area contributed by atoms with Crippen LogP contribution in [-0.4, -0.2) is 17.2 Å². The van der Waals surface area contributed by atoms with Crippen molar-refractivity contribution >= 4 is 18.2 Å². The number of aldehydes is 1. The van der Waals surface area contributed by atoms with Crippen molar-refractivity contribution < 1.29 is 9.53 Å². The van der Waals surface area contributed by atoms with Crippen LogP contribution < -0.4 is 5.32 Å². The molecule has 0 bridgehead atoms. The topological polar surface area (TPSA) is 55.2 Å². The number of carbonyl (C=O) groups is 1. The number of benzene rings is 1. The Morgan fingerprint density at radius 3 is 2.93 bits per heavy atom. The van der Waals surface area contributed by atoms with E-state index in [1.165, 1.54) is 12.4 Å². The van der Waals surface area contributed by atoms with Gasteiger partial charge in [-0.05, 0) is 12.1 Å². The van der Waals surface area contributed by atoms with Gasteiger partial charge in [0.25, 0.3) is 0 Å². The van der Waals surface area contributed by atoms with E-state index in [1.54, 1.807) is 6.07 Å². The Labute approximate surface area is 80.8 Å². The summed E-state index contributed by atoms with van der Waals surface area (Å²) in [5, 5.41) is 14.1. The molecule has 2 rings (SSSR count). The van der Waals surface area contributed by atoms with Crippen LogP contribution in [0.4, 0.5) is 5.69 Å². The molecule has 1 aromatic carbocycles. The summed E-state index contributed by atoms with van der Waals surface area (Å²) >= 11 is 0. The standard InChI is InChI=1S/C10H8N2O2/c13-7-9-6-12(14)5-8-3-1-2-4-10(8)11-9/h1-7,11H. The van der Waals surface area contributed by atoms with Gasteiger partial charge in [0.2, 0.25) is 6.20 Å². The molecule has 0 atom stereocenters. The Morgan fingerprint density at radius 1 is 1.36 bits per heavy atom. The van der Waals surface area contributed by atoms with Gasteiger partial charge in [0.05, 0.1) is 11.3 Å². The first-order chi connectivity index (χ1) is 6.79. The van der Waals surface area contributed by atoms with E-state index in [-0.39, 0.29) is 5.70 Å². The summed E-state index contributed by atoms with van der Waals surface area (Å²) < 4.78 is 0.614. The van der Waals surface area contributed by atoms with E-state index in [1.807, 2.05) is 18.2 Å². The van der Waals surface area contributed by atoms with Crippen LogP contribution in [0.25, 0.3) is 0 Å². The van der Waals surface area contributed by atoms with Crippen molar-refractivity contribution in [3.8, 4) is 0 Å². The van der Waals surface area contributed by atoms with Crippen LogP contribution in [0.1, 0.15) is 5.56 Å². The molecular formula is C10H8N2O2. The maximum absolute atomic E-state index is 11.2. The summed E-state index contributed by atoms with van der Waals surface area (Å²) in [6.45, 7) is 0. The van der Waals surface area contributed by atoms with Crippen molar-refractivity contribution in [2.45, 2.75) is 0 Å². The number of allylic oxidation sites excluding steroid dienone is 1. The molecule has 1 N–H and O–H groups in total. The van der Waals surface area contributed by atoms with Crippen molar-refractivity contribution in [3.05, 3.63) is 46.9 Å². The van der Waals surface area contributed by atoms with E-state index >= 15 is 0 Å². The monoisotopic (exact) mass is 188 g/mol. The zero-order valence-electron chi connectivity index (χ0n) is 7.31. The molecule has 0 fully saturated rings. The zero-order valence-corrected chi connectivity index (χ0v) is 7.31. The number of hydroxylamine groups is 1. The molecule has 14 heavy (non-hydrogen) atoms. The molecule has 0 saturated heterocycles. The Hall–Kier alpha value is -2.10. The average molecular weight is 188 g/mol. The van der Waals surface area contributed by atoms with Crippen molar-refractivity contribution in [3.63, 3.8) is 0 Å². The van der Waals surface area contributed by atoms with Gasteiger partial charge in [0.15, 0.2) is 12.5 Å². The first-order valence-corrected chi connectivity index (χ1v) is 4.13. The predicted molar refractivity (Wildman–Crippen MR) is 53.0 cm³/mol. The summed E-state index contributed by atoms with van der Waals surface area (Å²) in [4.78, 5) is 10.6. The highest BCUT2D eigenvalue weighted by molar-refractivity contribution is 5.89. The number of hydrogen-bond donors (Lipinski definition) is 1. The lowest BCUT2D eigenvalue weighted by molar-refractivity contribution is -0.372. The summed E-state index contributed by atoms with van der Waals surface area (Å²) in [7, 11) is 0. The molecule has 70 valence electrons. The van der Waals surface area contributed by atoms with Crippen LogP contribution in [0.3, 0.4) is 0 Å². The molecular weight excluding hydrogens is 180 g/mol. The summed E-state index contributed by atoms with van der Waals surface area (Å²) in [6.07, 6.45) is 3.23. The molecule has 1 aliphatic heterocycles. The first-order valence-electron chi connectivity index (χ1n) is 4.13. The number of nitrogens with zero attached hydrogens (tertiary/aromatic N) is 1. The highest BCUT2D eigenvalue weighted by Gasteiger charge is 2.09. The van der Waals surface area contributed by atoms with Crippen molar-refractivity contribution in [2.75, 3.05) is 5.32 Å². The van der Waals surface area contributed by atoms with Crippen LogP contribution in [0.5, 0.6) is 0 Å². The van der Waals surface area contributed by atoms with Crippen LogP contribution in [0, 0.1) is 5.21 Å². The van der Waals surface area contributed by atoms with Crippen molar-refractivity contribution in [1.29, 1.82) is 0 Å². The molecule has 0 amide bonds. The fraction of sp³-hybridized carbons (Fsp3) is 0. The highest BCUT2D eigenvalue weighted by Crippen LogP contribution is 2.16. The molecule has 0 aliphatic carbocycles. The number of fused-ring (bicyclic) bond motifs is 1. The van der Waals surface area contributed by atoms with Gasteiger partial charge in [-0.1, -0.05) is 12.1 Å². The molecule has 4 nitrogen and oxygen atoms in total. The predicted octanol–water partition coefficient (Wildman–Crippen LogP) is 1.08. The van der Waals surface area contributed by atoms with Gasteiger partial charge >= 0.3 is 0 Å². The Balaban J connectivity index is 2.53. The van der Waals surface area contributed by atoms with E-state index < -0.39 is 0 Å². The SMILES string of the molecule is O=CC1=C[N+]([O-])=Cc2ccccc2N1. The third-order valence-electron chi connectivity index (χ3n) is 1.90. The maximum atomic E-state index is 11.2. The Bertz CT molecular complexity index is 436. The van der Waals surface area contributed by atoms with Gasteiger partial charge in [-0.3, -0.25) is 4.79 Å². The third kappa shape index (κ3) is 1.50. The molecule has 1 heterocycles. The molecule has 1 aromatic rings. The number of nitrogens with one attached hydrogen (secondary N) is 1. The lowest BCUT2D eigenvalue weighted by Gasteiger charge is -2.02. The molecule has 0 radical (unpaired) electrons. The number of para-hydroxylation sites is 1. The smallest absolute Gasteiger partial charge is 0.207 e. The minimum atomic E-state index is 0.251. The summed E-state index contributed by atoms with van der Waals surface area (Å²) in [5.74, 6) is 0. The molecule has 0 aromatic heterocycles. The highest BCUT2D eigenvalue weighted by atomic mass is 16.5. The largest absolute Gasteiger partial charge is 0.619 e. The minimum absolute atomic E-state index is 0.251. The second-order valence-corrected chi connectivity index (χ2v) is 2.90. The fourth-order valence-electron chi connectivity index (χ4n) is 1.28. The molecule has 0 unspecified atom stereocenters. The lowest BCUT2D eigenvalue weighted by atomic mass is 10.2. The molecule has 4 heteroatoms. The van der Waals surface area contributed by atoms with Gasteiger partial charge in [0.1, 0.15) is 5.70 Å². The Morgan fingerprint density at radius 2 is 2.14 bits per heavy atom. The van der Waals surface area contributed by atoms with Crippen LogP contribution in [0.15, 0.2) is 36.2 Å². The van der Waals surface area contributed by atoms with Gasteiger partial charge in [-0.15, -0.1) is 0 Å². The zero-order chi connectivity index (χ0) is 9.97. The van der Waals surface area contributed by atoms with E-state index in [4.69, 9.17) is 0 Å². The fourth-order valence-corrected chi connectivity index (χ4v) is 1.28. The second kappa shape index (κ2) is 3.33. The van der Waals surface area contributed by atoms with Crippen LogP contribution >= 0.6 is 0 Å². The molecule has 1 aliphatic rings. The van der Waals surface area contributed by atoms with Gasteiger partial charge in [0, 0.05) is 0 Å². The third-order valence-corrected chi connectivity index (χ3v) is 1.90. The second-order valence-electron chi connectivity index (χ2n) is 2.90. The van der Waals surface area contributed by atoms with E-state index in [0.717, 1.165) is 11.3 Å². The normalized spacial score (nSPS) is 14.3. The van der Waals surface area contributed by atoms with Crippen LogP contribution in [0.2, 0.25) is 0 Å². The first kappa shape index (κ1) is 8.50. The van der Waals surface area contributed by atoms with Gasteiger partial charge in [-0.2, -0.15) is 4.74 Å². The van der Waals surface area contributed by atoms with Crippen molar-refractivity contribution in [1.82, 2.24) is 0 Å². The maximum Gasteiger partial charge on any atom is 0.207 e. The number of carbonyl (C=O) groups excluding carboxylic acids is 1. The summed E-state index contributed by atoms with van der Waals surface area (Å²) in [5.41, 5.74) is 1.76. The number of anilines is 1. The summed E-state index contributed by atoms with van der Waals surface area (Å²) in [6, 6.07) is 7.27. The number of rotatable bonds is 1. The average Bonchev–Trinajstić information content (AvgIpc) is 2.35. The quantitative estimate of drug-likeness (QED) is 0.407. The molecule has 0 saturated carbocycles. The van der Waals surface area contributed by atoms with E-state index in [9.17, 15) is 10.0 Å². The van der Waals surface area contributed by atoms with Crippen LogP contribution in [-0.2, 0) is 4.79 Å². The van der Waals surface area contributed by atoms with E-state index in [0.29, 0.717) is 11.0 Å². The number of hydrogen-bond acceptors (Lipinski definition) is 3.